The number of benzene rings is 2. The monoisotopic (exact) mass is 241 g/mol. The molecule has 1 unspecified atom stereocenters. The highest BCUT2D eigenvalue weighted by Gasteiger charge is 2.03. The molecule has 0 spiro atoms. The van der Waals surface area contributed by atoms with E-state index in [0.717, 1.165) is 12.3 Å². The van der Waals surface area contributed by atoms with E-state index in [4.69, 9.17) is 4.74 Å². The average molecular weight is 241 g/mol. The van der Waals surface area contributed by atoms with E-state index >= 15 is 0 Å². The van der Waals surface area contributed by atoms with E-state index in [0.29, 0.717) is 0 Å². The van der Waals surface area contributed by atoms with Gasteiger partial charge >= 0.3 is 0 Å². The van der Waals surface area contributed by atoms with Crippen molar-refractivity contribution in [2.24, 2.45) is 0 Å². The first-order chi connectivity index (χ1) is 8.79. The molecule has 0 saturated carbocycles. The minimum absolute atomic E-state index is 0.178. The van der Waals surface area contributed by atoms with E-state index in [2.05, 4.69) is 48.6 Å². The SMILES string of the molecule is CNCC(C)Oc1ccc(-c2ccccc2)cc1. The molecule has 2 aromatic rings. The van der Waals surface area contributed by atoms with Crippen molar-refractivity contribution < 1.29 is 4.74 Å². The predicted octanol–water partition coefficient (Wildman–Crippen LogP) is 3.34. The Labute approximate surface area is 109 Å². The van der Waals surface area contributed by atoms with Crippen LogP contribution in [0.2, 0.25) is 0 Å². The molecular weight excluding hydrogens is 222 g/mol. The molecule has 0 aliphatic carbocycles. The van der Waals surface area contributed by atoms with Gasteiger partial charge in [0.1, 0.15) is 11.9 Å². The Balaban J connectivity index is 2.06. The van der Waals surface area contributed by atoms with Crippen LogP contribution in [0.5, 0.6) is 5.75 Å². The van der Waals surface area contributed by atoms with Gasteiger partial charge in [-0.05, 0) is 37.2 Å². The van der Waals surface area contributed by atoms with Crippen LogP contribution in [0.15, 0.2) is 54.6 Å². The maximum absolute atomic E-state index is 5.78. The number of hydrogen-bond acceptors (Lipinski definition) is 2. The smallest absolute Gasteiger partial charge is 0.119 e. The zero-order chi connectivity index (χ0) is 12.8. The summed E-state index contributed by atoms with van der Waals surface area (Å²) >= 11 is 0. The van der Waals surface area contributed by atoms with Crippen LogP contribution in [0.1, 0.15) is 6.92 Å². The lowest BCUT2D eigenvalue weighted by atomic mass is 10.1. The van der Waals surface area contributed by atoms with E-state index in [1.807, 2.05) is 25.2 Å². The standard InChI is InChI=1S/C16H19NO/c1-13(12-17-2)18-16-10-8-15(9-11-16)14-6-4-3-5-7-14/h3-11,13,17H,12H2,1-2H3. The molecule has 0 radical (unpaired) electrons. The average Bonchev–Trinajstić information content (AvgIpc) is 2.41. The summed E-state index contributed by atoms with van der Waals surface area (Å²) in [6, 6.07) is 18.6. The van der Waals surface area contributed by atoms with Crippen molar-refractivity contribution in [1.82, 2.24) is 5.32 Å². The normalized spacial score (nSPS) is 12.1. The van der Waals surface area contributed by atoms with Gasteiger partial charge in [-0.2, -0.15) is 0 Å². The van der Waals surface area contributed by atoms with Gasteiger partial charge in [-0.25, -0.2) is 0 Å². The first kappa shape index (κ1) is 12.7. The van der Waals surface area contributed by atoms with Gasteiger partial charge in [0.2, 0.25) is 0 Å². The summed E-state index contributed by atoms with van der Waals surface area (Å²) < 4.78 is 5.78. The third-order valence-corrected chi connectivity index (χ3v) is 2.79. The molecule has 2 rings (SSSR count). The van der Waals surface area contributed by atoms with Crippen LogP contribution < -0.4 is 10.1 Å². The van der Waals surface area contributed by atoms with Crippen LogP contribution in [0, 0.1) is 0 Å². The second-order valence-corrected chi connectivity index (χ2v) is 4.38. The van der Waals surface area contributed by atoms with E-state index < -0.39 is 0 Å². The number of likely N-dealkylation sites (N-methyl/N-ethyl adjacent to an activating group) is 1. The van der Waals surface area contributed by atoms with Crippen molar-refractivity contribution in [3.8, 4) is 16.9 Å². The highest BCUT2D eigenvalue weighted by atomic mass is 16.5. The summed E-state index contributed by atoms with van der Waals surface area (Å²) in [6.07, 6.45) is 0.178. The van der Waals surface area contributed by atoms with Crippen molar-refractivity contribution in [2.45, 2.75) is 13.0 Å². The zero-order valence-corrected chi connectivity index (χ0v) is 10.9. The topological polar surface area (TPSA) is 21.3 Å². The molecule has 2 nitrogen and oxygen atoms in total. The van der Waals surface area contributed by atoms with Gasteiger partial charge < -0.3 is 10.1 Å². The van der Waals surface area contributed by atoms with E-state index in [1.165, 1.54) is 11.1 Å². The second-order valence-electron chi connectivity index (χ2n) is 4.38. The molecule has 1 atom stereocenters. The molecule has 0 amide bonds. The van der Waals surface area contributed by atoms with Crippen molar-refractivity contribution in [2.75, 3.05) is 13.6 Å². The summed E-state index contributed by atoms with van der Waals surface area (Å²) in [5.74, 6) is 0.914. The van der Waals surface area contributed by atoms with Crippen molar-refractivity contribution in [3.05, 3.63) is 54.6 Å². The van der Waals surface area contributed by atoms with Gasteiger partial charge in [-0.3, -0.25) is 0 Å². The Hall–Kier alpha value is -1.80. The minimum Gasteiger partial charge on any atom is -0.489 e. The Morgan fingerprint density at radius 2 is 1.56 bits per heavy atom. The number of hydrogen-bond donors (Lipinski definition) is 1. The van der Waals surface area contributed by atoms with E-state index in [9.17, 15) is 0 Å². The summed E-state index contributed by atoms with van der Waals surface area (Å²) in [7, 11) is 1.93. The molecule has 0 aliphatic heterocycles. The largest absolute Gasteiger partial charge is 0.489 e. The van der Waals surface area contributed by atoms with Crippen LogP contribution in [-0.4, -0.2) is 19.7 Å². The lowest BCUT2D eigenvalue weighted by molar-refractivity contribution is 0.220. The molecule has 94 valence electrons. The lowest BCUT2D eigenvalue weighted by Crippen LogP contribution is -2.25. The molecule has 2 heteroatoms. The second kappa shape index (κ2) is 6.22. The van der Waals surface area contributed by atoms with Crippen LogP contribution in [0.3, 0.4) is 0 Å². The van der Waals surface area contributed by atoms with E-state index in [1.54, 1.807) is 0 Å². The molecule has 0 aliphatic rings. The van der Waals surface area contributed by atoms with Gasteiger partial charge in [0.05, 0.1) is 0 Å². The van der Waals surface area contributed by atoms with Crippen molar-refractivity contribution >= 4 is 0 Å². The molecule has 0 bridgehead atoms. The number of nitrogens with one attached hydrogen (secondary N) is 1. The number of rotatable bonds is 5. The summed E-state index contributed by atoms with van der Waals surface area (Å²) in [5.41, 5.74) is 2.44. The predicted molar refractivity (Wildman–Crippen MR) is 75.9 cm³/mol. The highest BCUT2D eigenvalue weighted by molar-refractivity contribution is 5.63. The van der Waals surface area contributed by atoms with Gasteiger partial charge in [0.25, 0.3) is 0 Å². The summed E-state index contributed by atoms with van der Waals surface area (Å²) in [4.78, 5) is 0. The maximum atomic E-state index is 5.78. The van der Waals surface area contributed by atoms with Gasteiger partial charge in [-0.1, -0.05) is 42.5 Å². The molecule has 0 fully saturated rings. The Morgan fingerprint density at radius 3 is 2.17 bits per heavy atom. The first-order valence-corrected chi connectivity index (χ1v) is 6.26. The molecule has 2 aromatic carbocycles. The summed E-state index contributed by atoms with van der Waals surface area (Å²) in [5, 5.41) is 3.10. The lowest BCUT2D eigenvalue weighted by Gasteiger charge is -2.14. The quantitative estimate of drug-likeness (QED) is 0.867. The fourth-order valence-electron chi connectivity index (χ4n) is 1.92. The van der Waals surface area contributed by atoms with Crippen LogP contribution in [0.4, 0.5) is 0 Å². The molecule has 1 N–H and O–H groups in total. The van der Waals surface area contributed by atoms with Gasteiger partial charge in [0, 0.05) is 6.54 Å². The Morgan fingerprint density at radius 1 is 0.944 bits per heavy atom. The molecule has 0 saturated heterocycles. The van der Waals surface area contributed by atoms with Crippen molar-refractivity contribution in [1.29, 1.82) is 0 Å². The Bertz CT molecular complexity index is 464. The summed E-state index contributed by atoms with van der Waals surface area (Å²) in [6.45, 7) is 2.90. The van der Waals surface area contributed by atoms with Gasteiger partial charge in [-0.15, -0.1) is 0 Å². The molecular formula is C16H19NO. The van der Waals surface area contributed by atoms with Gasteiger partial charge in [0.15, 0.2) is 0 Å². The zero-order valence-electron chi connectivity index (χ0n) is 10.9. The highest BCUT2D eigenvalue weighted by Crippen LogP contribution is 2.22. The maximum Gasteiger partial charge on any atom is 0.119 e. The fourth-order valence-corrected chi connectivity index (χ4v) is 1.92. The fraction of sp³-hybridized carbons (Fsp3) is 0.250. The third-order valence-electron chi connectivity index (χ3n) is 2.79. The molecule has 0 aromatic heterocycles. The third kappa shape index (κ3) is 3.34. The number of ether oxygens (including phenoxy) is 1. The minimum atomic E-state index is 0.178. The van der Waals surface area contributed by atoms with Crippen LogP contribution in [0.25, 0.3) is 11.1 Å². The molecule has 0 heterocycles. The Kier molecular flexibility index (Phi) is 4.37. The van der Waals surface area contributed by atoms with Crippen LogP contribution in [-0.2, 0) is 0 Å². The van der Waals surface area contributed by atoms with Crippen LogP contribution >= 0.6 is 0 Å². The molecule has 18 heavy (non-hydrogen) atoms. The van der Waals surface area contributed by atoms with E-state index in [-0.39, 0.29) is 6.10 Å². The first-order valence-electron chi connectivity index (χ1n) is 6.26. The van der Waals surface area contributed by atoms with Crippen molar-refractivity contribution in [3.63, 3.8) is 0 Å².